The maximum atomic E-state index is 10.6. The molecule has 3 heterocycles. The number of furan rings is 1. The highest BCUT2D eigenvalue weighted by atomic mass is 16.6. The van der Waals surface area contributed by atoms with Gasteiger partial charge in [-0.05, 0) is 37.9 Å². The van der Waals surface area contributed by atoms with Crippen molar-refractivity contribution in [2.24, 2.45) is 5.92 Å². The molecule has 0 radical (unpaired) electrons. The molecule has 0 aliphatic carbocycles. The van der Waals surface area contributed by atoms with E-state index < -0.39 is 4.92 Å². The fraction of sp³-hybridized carbons (Fsp3) is 0.667. The van der Waals surface area contributed by atoms with Crippen molar-refractivity contribution in [1.82, 2.24) is 10.2 Å². The van der Waals surface area contributed by atoms with Crippen molar-refractivity contribution in [2.75, 3.05) is 19.6 Å². The second-order valence-electron chi connectivity index (χ2n) is 5.10. The lowest BCUT2D eigenvalue weighted by molar-refractivity contribution is -0.402. The van der Waals surface area contributed by atoms with Crippen LogP contribution in [0.25, 0.3) is 0 Å². The first-order chi connectivity index (χ1) is 8.74. The molecule has 6 nitrogen and oxygen atoms in total. The van der Waals surface area contributed by atoms with Crippen LogP contribution in [0.4, 0.5) is 5.88 Å². The van der Waals surface area contributed by atoms with Crippen LogP contribution in [0.1, 0.15) is 18.6 Å². The summed E-state index contributed by atoms with van der Waals surface area (Å²) in [5, 5.41) is 14.0. The number of nitrogens with one attached hydrogen (secondary N) is 1. The second kappa shape index (κ2) is 4.70. The van der Waals surface area contributed by atoms with Crippen molar-refractivity contribution in [2.45, 2.75) is 25.4 Å². The van der Waals surface area contributed by atoms with Gasteiger partial charge in [-0.25, -0.2) is 0 Å². The van der Waals surface area contributed by atoms with E-state index in [0.29, 0.717) is 18.3 Å². The molecule has 3 rings (SSSR count). The molecule has 0 spiro atoms. The lowest BCUT2D eigenvalue weighted by Crippen LogP contribution is -2.44. The van der Waals surface area contributed by atoms with E-state index in [1.807, 2.05) is 0 Å². The Balaban J connectivity index is 1.69. The molecule has 0 aromatic carbocycles. The Morgan fingerprint density at radius 2 is 2.39 bits per heavy atom. The van der Waals surface area contributed by atoms with E-state index in [-0.39, 0.29) is 5.88 Å². The minimum Gasteiger partial charge on any atom is -0.404 e. The van der Waals surface area contributed by atoms with E-state index in [9.17, 15) is 10.1 Å². The smallest absolute Gasteiger partial charge is 0.404 e. The molecule has 2 atom stereocenters. The highest BCUT2D eigenvalue weighted by Gasteiger charge is 2.35. The van der Waals surface area contributed by atoms with Gasteiger partial charge in [-0.3, -0.25) is 15.0 Å². The minimum atomic E-state index is -0.486. The Labute approximate surface area is 105 Å². The summed E-state index contributed by atoms with van der Waals surface area (Å²) in [4.78, 5) is 12.5. The van der Waals surface area contributed by atoms with Crippen molar-refractivity contribution < 1.29 is 9.34 Å². The SMILES string of the molecule is O=[N+]([O-])c1ccc(CN2CCCC3CNCC32)o1. The zero-order valence-corrected chi connectivity index (χ0v) is 10.2. The van der Waals surface area contributed by atoms with Crippen molar-refractivity contribution in [3.63, 3.8) is 0 Å². The zero-order chi connectivity index (χ0) is 12.5. The van der Waals surface area contributed by atoms with E-state index in [0.717, 1.165) is 25.6 Å². The molecular weight excluding hydrogens is 234 g/mol. The van der Waals surface area contributed by atoms with E-state index in [4.69, 9.17) is 4.42 Å². The molecule has 1 aromatic rings. The minimum absolute atomic E-state index is 0.164. The number of likely N-dealkylation sites (tertiary alicyclic amines) is 1. The van der Waals surface area contributed by atoms with Crippen molar-refractivity contribution >= 4 is 5.88 Å². The van der Waals surface area contributed by atoms with Gasteiger partial charge in [0.25, 0.3) is 0 Å². The fourth-order valence-electron chi connectivity index (χ4n) is 3.11. The summed E-state index contributed by atoms with van der Waals surface area (Å²) < 4.78 is 5.24. The Kier molecular flexibility index (Phi) is 3.05. The molecule has 2 unspecified atom stereocenters. The van der Waals surface area contributed by atoms with Gasteiger partial charge >= 0.3 is 5.88 Å². The quantitative estimate of drug-likeness (QED) is 0.649. The number of hydrogen-bond acceptors (Lipinski definition) is 5. The average Bonchev–Trinajstić information content (AvgIpc) is 2.97. The van der Waals surface area contributed by atoms with Gasteiger partial charge in [0.15, 0.2) is 0 Å². The summed E-state index contributed by atoms with van der Waals surface area (Å²) in [5.41, 5.74) is 0. The van der Waals surface area contributed by atoms with E-state index in [1.165, 1.54) is 18.9 Å². The van der Waals surface area contributed by atoms with Crippen molar-refractivity contribution in [3.05, 3.63) is 28.0 Å². The third-order valence-corrected chi connectivity index (χ3v) is 3.98. The van der Waals surface area contributed by atoms with Gasteiger partial charge in [0.05, 0.1) is 12.6 Å². The van der Waals surface area contributed by atoms with Gasteiger partial charge in [-0.1, -0.05) is 0 Å². The van der Waals surface area contributed by atoms with Gasteiger partial charge < -0.3 is 9.73 Å². The molecule has 1 aromatic heterocycles. The number of rotatable bonds is 3. The number of nitro groups is 1. The number of hydrogen-bond donors (Lipinski definition) is 1. The fourth-order valence-corrected chi connectivity index (χ4v) is 3.11. The van der Waals surface area contributed by atoms with Crippen LogP contribution < -0.4 is 5.32 Å². The molecule has 2 aliphatic heterocycles. The van der Waals surface area contributed by atoms with Gasteiger partial charge in [0.1, 0.15) is 10.7 Å². The largest absolute Gasteiger partial charge is 0.433 e. The Bertz CT molecular complexity index is 446. The van der Waals surface area contributed by atoms with Crippen LogP contribution in [-0.2, 0) is 6.54 Å². The van der Waals surface area contributed by atoms with E-state index in [1.54, 1.807) is 6.07 Å². The molecule has 0 amide bonds. The van der Waals surface area contributed by atoms with E-state index in [2.05, 4.69) is 10.2 Å². The molecular formula is C12H17N3O3. The molecule has 2 aliphatic rings. The van der Waals surface area contributed by atoms with E-state index >= 15 is 0 Å². The first kappa shape index (κ1) is 11.7. The highest BCUT2D eigenvalue weighted by molar-refractivity contribution is 5.18. The first-order valence-electron chi connectivity index (χ1n) is 6.42. The van der Waals surface area contributed by atoms with Crippen LogP contribution in [0.15, 0.2) is 16.5 Å². The lowest BCUT2D eigenvalue weighted by atomic mass is 9.92. The topological polar surface area (TPSA) is 71.6 Å². The highest BCUT2D eigenvalue weighted by Crippen LogP contribution is 2.28. The van der Waals surface area contributed by atoms with Crippen molar-refractivity contribution in [3.8, 4) is 0 Å². The monoisotopic (exact) mass is 251 g/mol. The molecule has 0 bridgehead atoms. The third-order valence-electron chi connectivity index (χ3n) is 3.98. The number of nitrogens with zero attached hydrogens (tertiary/aromatic N) is 2. The standard InChI is InChI=1S/C12H17N3O3/c16-15(17)12-4-3-10(18-12)8-14-5-1-2-9-6-13-7-11(9)14/h3-4,9,11,13H,1-2,5-8H2. The summed E-state index contributed by atoms with van der Waals surface area (Å²) in [6, 6.07) is 3.70. The van der Waals surface area contributed by atoms with Crippen LogP contribution in [0, 0.1) is 16.0 Å². The maximum Gasteiger partial charge on any atom is 0.433 e. The Hall–Kier alpha value is -1.40. The lowest BCUT2D eigenvalue weighted by Gasteiger charge is -2.36. The molecule has 18 heavy (non-hydrogen) atoms. The maximum absolute atomic E-state index is 10.6. The van der Waals surface area contributed by atoms with Crippen LogP contribution in [-0.4, -0.2) is 35.5 Å². The van der Waals surface area contributed by atoms with Crippen molar-refractivity contribution in [1.29, 1.82) is 0 Å². The summed E-state index contributed by atoms with van der Waals surface area (Å²) in [5.74, 6) is 1.25. The normalized spacial score (nSPS) is 28.2. The summed E-state index contributed by atoms with van der Waals surface area (Å²) >= 11 is 0. The second-order valence-corrected chi connectivity index (χ2v) is 5.10. The number of fused-ring (bicyclic) bond motifs is 1. The van der Waals surface area contributed by atoms with Gasteiger partial charge in [-0.15, -0.1) is 0 Å². The van der Waals surface area contributed by atoms with Gasteiger partial charge in [-0.2, -0.15) is 0 Å². The predicted octanol–water partition coefficient (Wildman–Crippen LogP) is 1.37. The molecule has 6 heteroatoms. The molecule has 0 saturated carbocycles. The van der Waals surface area contributed by atoms with Crippen LogP contribution >= 0.6 is 0 Å². The number of piperidine rings is 1. The summed E-state index contributed by atoms with van der Waals surface area (Å²) in [7, 11) is 0. The van der Waals surface area contributed by atoms with Crippen LogP contribution in [0.3, 0.4) is 0 Å². The Morgan fingerprint density at radius 1 is 1.50 bits per heavy atom. The average molecular weight is 251 g/mol. The zero-order valence-electron chi connectivity index (χ0n) is 10.2. The van der Waals surface area contributed by atoms with Crippen LogP contribution in [0.5, 0.6) is 0 Å². The van der Waals surface area contributed by atoms with Crippen LogP contribution in [0.2, 0.25) is 0 Å². The first-order valence-corrected chi connectivity index (χ1v) is 6.42. The predicted molar refractivity (Wildman–Crippen MR) is 65.2 cm³/mol. The summed E-state index contributed by atoms with van der Waals surface area (Å²) in [6.45, 7) is 3.85. The van der Waals surface area contributed by atoms with Gasteiger partial charge in [0, 0.05) is 12.6 Å². The molecule has 98 valence electrons. The third kappa shape index (κ3) is 2.13. The molecule has 1 N–H and O–H groups in total. The molecule has 2 saturated heterocycles. The summed E-state index contributed by atoms with van der Waals surface area (Å²) in [6.07, 6.45) is 2.48. The Morgan fingerprint density at radius 3 is 3.17 bits per heavy atom. The molecule has 2 fully saturated rings. The van der Waals surface area contributed by atoms with Gasteiger partial charge in [0.2, 0.25) is 0 Å².